The van der Waals surface area contributed by atoms with E-state index in [0.717, 1.165) is 0 Å². The summed E-state index contributed by atoms with van der Waals surface area (Å²) in [7, 11) is 0. The van der Waals surface area contributed by atoms with Crippen LogP contribution in [0.25, 0.3) is 0 Å². The fourth-order valence-corrected chi connectivity index (χ4v) is 3.02. The first-order valence-electron chi connectivity index (χ1n) is 8.14. The Balaban J connectivity index is 2.16. The lowest BCUT2D eigenvalue weighted by molar-refractivity contribution is -0.325. The van der Waals surface area contributed by atoms with Crippen LogP contribution in [0.4, 0.5) is 0 Å². The van der Waals surface area contributed by atoms with Crippen LogP contribution in [0.5, 0.6) is 0 Å². The van der Waals surface area contributed by atoms with Gasteiger partial charge in [-0.15, -0.1) is 0 Å². The molecule has 12 heteroatoms. The van der Waals surface area contributed by atoms with Gasteiger partial charge in [0.1, 0.15) is 42.7 Å². The second-order valence-corrected chi connectivity index (χ2v) is 6.35. The lowest BCUT2D eigenvalue weighted by Gasteiger charge is -2.46. The van der Waals surface area contributed by atoms with Crippen molar-refractivity contribution < 1.29 is 49.6 Å². The minimum atomic E-state index is -1.59. The zero-order valence-corrected chi connectivity index (χ0v) is 14.1. The van der Waals surface area contributed by atoms with Crippen LogP contribution in [0, 0.1) is 0 Å². The molecule has 12 nitrogen and oxygen atoms in total. The average Bonchev–Trinajstić information content (AvgIpc) is 2.60. The van der Waals surface area contributed by atoms with Gasteiger partial charge < -0.3 is 55.9 Å². The van der Waals surface area contributed by atoms with E-state index in [1.807, 2.05) is 0 Å². The van der Waals surface area contributed by atoms with Gasteiger partial charge >= 0.3 is 0 Å². The summed E-state index contributed by atoms with van der Waals surface area (Å²) in [5.74, 6) is -0.539. The third-order valence-corrected chi connectivity index (χ3v) is 4.46. The first-order valence-corrected chi connectivity index (χ1v) is 8.14. The van der Waals surface area contributed by atoms with Crippen molar-refractivity contribution in [1.29, 1.82) is 0 Å². The molecule has 1 amide bonds. The maximum absolute atomic E-state index is 11.3. The fourth-order valence-electron chi connectivity index (χ4n) is 3.02. The van der Waals surface area contributed by atoms with Gasteiger partial charge in [-0.25, -0.2) is 0 Å². The van der Waals surface area contributed by atoms with Crippen molar-refractivity contribution >= 4 is 5.91 Å². The van der Waals surface area contributed by atoms with E-state index < -0.39 is 80.4 Å². The Labute approximate surface area is 149 Å². The molecule has 0 aliphatic carbocycles. The lowest BCUT2D eigenvalue weighted by atomic mass is 9.95. The zero-order valence-electron chi connectivity index (χ0n) is 14.1. The molecule has 26 heavy (non-hydrogen) atoms. The molecule has 0 saturated carbocycles. The number of carbonyl (C=O) groups is 1. The molecule has 2 saturated heterocycles. The van der Waals surface area contributed by atoms with Gasteiger partial charge in [-0.1, -0.05) is 0 Å². The maximum atomic E-state index is 11.3. The molecule has 0 bridgehead atoms. The van der Waals surface area contributed by atoms with Gasteiger partial charge in [0.15, 0.2) is 12.6 Å². The highest BCUT2D eigenvalue weighted by molar-refractivity contribution is 5.73. The predicted octanol–water partition coefficient (Wildman–Crippen LogP) is -5.29. The fraction of sp³-hybridized carbons (Fsp3) is 0.929. The molecule has 0 unspecified atom stereocenters. The number of aliphatic hydroxyl groups excluding tert-OH is 6. The van der Waals surface area contributed by atoms with Crippen molar-refractivity contribution in [1.82, 2.24) is 5.32 Å². The number of aliphatic hydroxyl groups is 6. The van der Waals surface area contributed by atoms with Crippen LogP contribution < -0.4 is 11.1 Å². The van der Waals surface area contributed by atoms with Gasteiger partial charge in [-0.05, 0) is 0 Å². The summed E-state index contributed by atoms with van der Waals surface area (Å²) in [5, 5.41) is 61.1. The van der Waals surface area contributed by atoms with Gasteiger partial charge in [0, 0.05) is 6.92 Å². The number of rotatable bonds is 5. The number of amides is 1. The van der Waals surface area contributed by atoms with Crippen LogP contribution >= 0.6 is 0 Å². The van der Waals surface area contributed by atoms with Crippen LogP contribution in [0.3, 0.4) is 0 Å². The van der Waals surface area contributed by atoms with Gasteiger partial charge in [-0.3, -0.25) is 4.79 Å². The molecule has 10 atom stereocenters. The predicted molar refractivity (Wildman–Crippen MR) is 82.2 cm³/mol. The molecule has 9 N–H and O–H groups in total. The van der Waals surface area contributed by atoms with Gasteiger partial charge in [0.25, 0.3) is 0 Å². The smallest absolute Gasteiger partial charge is 0.217 e. The standard InChI is InChI=1S/C14H26N2O10/c1-4(19)16-8-11(22)12(6(3-18)24-13(8)23)26-14-7(15)10(21)9(20)5(2-17)25-14/h5-14,17-18,20-23H,2-3,15H2,1H3,(H,16,19)/t5-,6-,7+,8+,9-,10-,11-,12-,13+,14+/m1/s1. The molecule has 2 aliphatic rings. The monoisotopic (exact) mass is 382 g/mol. The Morgan fingerprint density at radius 2 is 1.65 bits per heavy atom. The number of hydrogen-bond acceptors (Lipinski definition) is 11. The molecule has 0 radical (unpaired) electrons. The molecule has 0 aromatic rings. The van der Waals surface area contributed by atoms with E-state index in [1.165, 1.54) is 6.92 Å². The molecular formula is C14H26N2O10. The number of hydrogen-bond donors (Lipinski definition) is 8. The van der Waals surface area contributed by atoms with E-state index in [4.69, 9.17) is 19.9 Å². The minimum absolute atomic E-state index is 0.539. The Bertz CT molecular complexity index is 481. The van der Waals surface area contributed by atoms with Crippen molar-refractivity contribution in [3.05, 3.63) is 0 Å². The number of nitrogens with one attached hydrogen (secondary N) is 1. The highest BCUT2D eigenvalue weighted by Crippen LogP contribution is 2.28. The summed E-state index contributed by atoms with van der Waals surface area (Å²) in [6, 6.07) is -2.48. The minimum Gasteiger partial charge on any atom is -0.394 e. The Kier molecular flexibility index (Phi) is 7.27. The molecule has 2 fully saturated rings. The molecule has 152 valence electrons. The van der Waals surface area contributed by atoms with Crippen LogP contribution in [-0.2, 0) is 19.0 Å². The number of nitrogens with two attached hydrogens (primary N) is 1. The van der Waals surface area contributed by atoms with Crippen molar-refractivity contribution in [3.63, 3.8) is 0 Å². The highest BCUT2D eigenvalue weighted by atomic mass is 16.7. The topological polar surface area (TPSA) is 204 Å². The molecule has 0 spiro atoms. The number of ether oxygens (including phenoxy) is 3. The first kappa shape index (κ1) is 21.4. The molecular weight excluding hydrogens is 356 g/mol. The van der Waals surface area contributed by atoms with Crippen molar-refractivity contribution in [3.8, 4) is 0 Å². The third-order valence-electron chi connectivity index (χ3n) is 4.46. The summed E-state index contributed by atoms with van der Waals surface area (Å²) in [6.07, 6.45) is -11.0. The Morgan fingerprint density at radius 1 is 1.04 bits per heavy atom. The maximum Gasteiger partial charge on any atom is 0.217 e. The second-order valence-electron chi connectivity index (χ2n) is 6.35. The lowest BCUT2D eigenvalue weighted by Crippen LogP contribution is -2.68. The van der Waals surface area contributed by atoms with E-state index in [0.29, 0.717) is 0 Å². The summed E-state index contributed by atoms with van der Waals surface area (Å²) in [5.41, 5.74) is 5.78. The van der Waals surface area contributed by atoms with Crippen molar-refractivity contribution in [2.75, 3.05) is 13.2 Å². The van der Waals surface area contributed by atoms with Crippen LogP contribution in [0.1, 0.15) is 6.92 Å². The van der Waals surface area contributed by atoms with E-state index in [9.17, 15) is 35.4 Å². The summed E-state index contributed by atoms with van der Waals surface area (Å²) in [6.45, 7) is -0.0789. The molecule has 2 aliphatic heterocycles. The van der Waals surface area contributed by atoms with Crippen molar-refractivity contribution in [2.24, 2.45) is 5.73 Å². The second kappa shape index (κ2) is 8.84. The van der Waals surface area contributed by atoms with Gasteiger partial charge in [-0.2, -0.15) is 0 Å². The SMILES string of the molecule is CC(=O)N[C@H]1[C@@H](O)[C@H](O[C@@H]2O[C@H](CO)[C@@H](O)[C@H](O)[C@@H]2N)[C@@H](CO)O[C@@H]1O. The highest BCUT2D eigenvalue weighted by Gasteiger charge is 2.50. The third kappa shape index (κ3) is 4.31. The van der Waals surface area contributed by atoms with Crippen LogP contribution in [0.2, 0.25) is 0 Å². The van der Waals surface area contributed by atoms with E-state index in [1.54, 1.807) is 0 Å². The summed E-state index contributed by atoms with van der Waals surface area (Å²) < 4.78 is 16.0. The summed E-state index contributed by atoms with van der Waals surface area (Å²) >= 11 is 0. The van der Waals surface area contributed by atoms with Crippen LogP contribution in [0.15, 0.2) is 0 Å². The molecule has 2 heterocycles. The average molecular weight is 382 g/mol. The Hall–Kier alpha value is -0.930. The Morgan fingerprint density at radius 3 is 2.19 bits per heavy atom. The molecule has 0 aromatic heterocycles. The van der Waals surface area contributed by atoms with E-state index in [2.05, 4.69) is 5.32 Å². The normalized spacial score (nSPS) is 46.8. The molecule has 0 aromatic carbocycles. The summed E-state index contributed by atoms with van der Waals surface area (Å²) in [4.78, 5) is 11.3. The van der Waals surface area contributed by atoms with Crippen molar-refractivity contribution in [2.45, 2.75) is 68.2 Å². The van der Waals surface area contributed by atoms with Gasteiger partial charge in [0.05, 0.1) is 19.3 Å². The quantitative estimate of drug-likeness (QED) is 0.225. The first-order chi connectivity index (χ1) is 12.2. The largest absolute Gasteiger partial charge is 0.394 e. The zero-order chi connectivity index (χ0) is 19.6. The van der Waals surface area contributed by atoms with Gasteiger partial charge in [0.2, 0.25) is 5.91 Å². The molecule has 2 rings (SSSR count). The van der Waals surface area contributed by atoms with Crippen LogP contribution in [-0.4, -0.2) is 111 Å². The number of carbonyl (C=O) groups excluding carboxylic acids is 1. The van der Waals surface area contributed by atoms with E-state index >= 15 is 0 Å². The van der Waals surface area contributed by atoms with E-state index in [-0.39, 0.29) is 0 Å².